The number of fused-ring (bicyclic) bond motifs is 1. The molecule has 0 aliphatic carbocycles. The zero-order valence-electron chi connectivity index (χ0n) is 15.6. The van der Waals surface area contributed by atoms with Crippen molar-refractivity contribution in [2.45, 2.75) is 18.9 Å². The van der Waals surface area contributed by atoms with Crippen molar-refractivity contribution in [1.29, 1.82) is 0 Å². The van der Waals surface area contributed by atoms with Crippen LogP contribution in [0.25, 0.3) is 0 Å². The van der Waals surface area contributed by atoms with Gasteiger partial charge in [-0.25, -0.2) is 0 Å². The number of nitrogens with zero attached hydrogens (tertiary/aromatic N) is 2. The maximum atomic E-state index is 13.0. The van der Waals surface area contributed by atoms with Crippen LogP contribution >= 0.6 is 0 Å². The van der Waals surface area contributed by atoms with Crippen LogP contribution in [0.3, 0.4) is 0 Å². The molecule has 1 N–H and O–H groups in total. The van der Waals surface area contributed by atoms with Gasteiger partial charge in [0.15, 0.2) is 11.5 Å². The third kappa shape index (κ3) is 3.93. The van der Waals surface area contributed by atoms with Crippen LogP contribution in [0.1, 0.15) is 23.2 Å². The van der Waals surface area contributed by atoms with Crippen molar-refractivity contribution in [2.75, 3.05) is 40.0 Å². The van der Waals surface area contributed by atoms with Crippen molar-refractivity contribution in [3.8, 4) is 11.5 Å². The Bertz CT molecular complexity index is 720. The first-order chi connectivity index (χ1) is 13.1. The van der Waals surface area contributed by atoms with Gasteiger partial charge < -0.3 is 24.4 Å². The highest BCUT2D eigenvalue weighted by Gasteiger charge is 2.41. The number of aliphatic hydroxyl groups is 1. The fourth-order valence-corrected chi connectivity index (χ4v) is 3.98. The lowest BCUT2D eigenvalue weighted by Crippen LogP contribution is -2.52. The van der Waals surface area contributed by atoms with Crippen molar-refractivity contribution in [3.63, 3.8) is 0 Å². The van der Waals surface area contributed by atoms with Crippen LogP contribution in [-0.2, 0) is 4.79 Å². The number of carbonyl (C=O) groups is 2. The molecule has 7 nitrogen and oxygen atoms in total. The molecular weight excluding hydrogens is 348 g/mol. The maximum Gasteiger partial charge on any atom is 0.254 e. The minimum atomic E-state index is -0.486. The Hall–Kier alpha value is -2.54. The van der Waals surface area contributed by atoms with Gasteiger partial charge in [-0.05, 0) is 37.0 Å². The summed E-state index contributed by atoms with van der Waals surface area (Å²) in [5.74, 6) is 1.10. The second-order valence-corrected chi connectivity index (χ2v) is 6.87. The summed E-state index contributed by atoms with van der Waals surface area (Å²) in [4.78, 5) is 28.4. The van der Waals surface area contributed by atoms with E-state index in [0.29, 0.717) is 49.2 Å². The van der Waals surface area contributed by atoms with Gasteiger partial charge in [0.1, 0.15) is 13.2 Å². The minimum Gasteiger partial charge on any atom is -0.493 e. The molecule has 2 aliphatic heterocycles. The van der Waals surface area contributed by atoms with Gasteiger partial charge in [-0.3, -0.25) is 9.59 Å². The lowest BCUT2D eigenvalue weighted by molar-refractivity contribution is -0.136. The third-order valence-electron chi connectivity index (χ3n) is 5.37. The van der Waals surface area contributed by atoms with Gasteiger partial charge in [0.25, 0.3) is 5.91 Å². The summed E-state index contributed by atoms with van der Waals surface area (Å²) in [7, 11) is 1.53. The number of piperidine rings is 1. The molecule has 2 aliphatic rings. The molecule has 1 aromatic carbocycles. The lowest BCUT2D eigenvalue weighted by atomic mass is 9.91. The van der Waals surface area contributed by atoms with E-state index in [9.17, 15) is 14.7 Å². The molecule has 7 heteroatoms. The van der Waals surface area contributed by atoms with E-state index in [1.807, 2.05) is 0 Å². The van der Waals surface area contributed by atoms with Crippen LogP contribution < -0.4 is 9.47 Å². The highest BCUT2D eigenvalue weighted by atomic mass is 16.5. The predicted molar refractivity (Wildman–Crippen MR) is 99.9 cm³/mol. The summed E-state index contributed by atoms with van der Waals surface area (Å²) in [5, 5.41) is 9.18. The van der Waals surface area contributed by atoms with Gasteiger partial charge in [0, 0.05) is 25.2 Å². The Balaban J connectivity index is 1.74. The number of aliphatic hydroxyl groups excluding tert-OH is 1. The van der Waals surface area contributed by atoms with E-state index in [0.717, 1.165) is 12.8 Å². The van der Waals surface area contributed by atoms with Crippen molar-refractivity contribution in [1.82, 2.24) is 9.80 Å². The van der Waals surface area contributed by atoms with Gasteiger partial charge in [-0.1, -0.05) is 12.7 Å². The van der Waals surface area contributed by atoms with Crippen molar-refractivity contribution < 1.29 is 24.2 Å². The molecule has 0 spiro atoms. The number of ether oxygens (including phenoxy) is 2. The van der Waals surface area contributed by atoms with Gasteiger partial charge in [0.05, 0.1) is 13.2 Å². The second kappa shape index (κ2) is 8.43. The van der Waals surface area contributed by atoms with Gasteiger partial charge >= 0.3 is 0 Å². The van der Waals surface area contributed by atoms with Crippen LogP contribution in [0.15, 0.2) is 30.9 Å². The summed E-state index contributed by atoms with van der Waals surface area (Å²) in [6.07, 6.45) is 3.44. The molecule has 0 radical (unpaired) electrons. The van der Waals surface area contributed by atoms with E-state index < -0.39 is 6.61 Å². The highest BCUT2D eigenvalue weighted by Crippen LogP contribution is 2.33. The smallest absolute Gasteiger partial charge is 0.254 e. The van der Waals surface area contributed by atoms with E-state index in [4.69, 9.17) is 9.47 Å². The lowest BCUT2D eigenvalue weighted by Gasteiger charge is -2.38. The van der Waals surface area contributed by atoms with E-state index in [1.54, 1.807) is 34.1 Å². The molecule has 3 rings (SSSR count). The number of likely N-dealkylation sites (tertiary alicyclic amines) is 2. The minimum absolute atomic E-state index is 0.0144. The van der Waals surface area contributed by atoms with Crippen LogP contribution in [0.5, 0.6) is 11.5 Å². The largest absolute Gasteiger partial charge is 0.493 e. The third-order valence-corrected chi connectivity index (χ3v) is 5.37. The molecule has 2 atom stereocenters. The number of benzene rings is 1. The fraction of sp³-hybridized carbons (Fsp3) is 0.500. The number of amides is 2. The summed E-state index contributed by atoms with van der Waals surface area (Å²) in [6, 6.07) is 5.11. The van der Waals surface area contributed by atoms with Crippen molar-refractivity contribution >= 4 is 11.8 Å². The number of methoxy groups -OCH3 is 1. The Morgan fingerprint density at radius 2 is 2.07 bits per heavy atom. The zero-order chi connectivity index (χ0) is 19.4. The van der Waals surface area contributed by atoms with E-state index in [1.165, 1.54) is 7.11 Å². The molecule has 1 aromatic rings. The molecule has 146 valence electrons. The zero-order valence-corrected chi connectivity index (χ0v) is 15.6. The standard InChI is InChI=1S/C20H26N2O5/c1-3-10-27-17-5-4-15(11-18(17)26-2)20(25)21-8-6-14-7-9-22(16(14)12-21)19(24)13-23/h3-5,11,14,16,23H,1,6-10,12-13H2,2H3/t14-,16-/m1/s1. The molecule has 0 saturated carbocycles. The van der Waals surface area contributed by atoms with Crippen molar-refractivity contribution in [3.05, 3.63) is 36.4 Å². The number of carbonyl (C=O) groups excluding carboxylic acids is 2. The highest BCUT2D eigenvalue weighted by molar-refractivity contribution is 5.95. The fourth-order valence-electron chi connectivity index (χ4n) is 3.98. The topological polar surface area (TPSA) is 79.3 Å². The molecule has 2 saturated heterocycles. The molecule has 2 amide bonds. The molecule has 2 heterocycles. The molecule has 0 bridgehead atoms. The van der Waals surface area contributed by atoms with Crippen LogP contribution in [0, 0.1) is 5.92 Å². The van der Waals surface area contributed by atoms with E-state index >= 15 is 0 Å². The van der Waals surface area contributed by atoms with E-state index in [-0.39, 0.29) is 17.9 Å². The molecule has 0 aromatic heterocycles. The van der Waals surface area contributed by atoms with E-state index in [2.05, 4.69) is 6.58 Å². The van der Waals surface area contributed by atoms with Gasteiger partial charge in [-0.15, -0.1) is 0 Å². The van der Waals surface area contributed by atoms with Crippen LogP contribution in [-0.4, -0.2) is 72.7 Å². The Kier molecular flexibility index (Phi) is 6.01. The Labute approximate surface area is 159 Å². The molecule has 27 heavy (non-hydrogen) atoms. The number of hydrogen-bond acceptors (Lipinski definition) is 5. The first-order valence-electron chi connectivity index (χ1n) is 9.20. The summed E-state index contributed by atoms with van der Waals surface area (Å²) >= 11 is 0. The quantitative estimate of drug-likeness (QED) is 0.760. The molecule has 0 unspecified atom stereocenters. The average molecular weight is 374 g/mol. The molecular formula is C20H26N2O5. The van der Waals surface area contributed by atoms with Gasteiger partial charge in [-0.2, -0.15) is 0 Å². The monoisotopic (exact) mass is 374 g/mol. The summed E-state index contributed by atoms with van der Waals surface area (Å²) in [5.41, 5.74) is 0.522. The number of rotatable bonds is 6. The van der Waals surface area contributed by atoms with Crippen LogP contribution in [0.2, 0.25) is 0 Å². The summed E-state index contributed by atoms with van der Waals surface area (Å²) in [6.45, 7) is 5.30. The Morgan fingerprint density at radius 3 is 2.78 bits per heavy atom. The number of hydrogen-bond donors (Lipinski definition) is 1. The first kappa shape index (κ1) is 19.2. The van der Waals surface area contributed by atoms with Crippen LogP contribution in [0.4, 0.5) is 0 Å². The SMILES string of the molecule is C=CCOc1ccc(C(=O)N2CC[C@@H]3CCN(C(=O)CO)[C@@H]3C2)cc1OC. The van der Waals surface area contributed by atoms with Gasteiger partial charge in [0.2, 0.25) is 5.91 Å². The Morgan fingerprint density at radius 1 is 1.30 bits per heavy atom. The second-order valence-electron chi connectivity index (χ2n) is 6.87. The average Bonchev–Trinajstić information content (AvgIpc) is 3.14. The normalized spacial score (nSPS) is 21.6. The summed E-state index contributed by atoms with van der Waals surface area (Å²) < 4.78 is 10.9. The molecule has 2 fully saturated rings. The predicted octanol–water partition coefficient (Wildman–Crippen LogP) is 1.32. The maximum absolute atomic E-state index is 13.0. The van der Waals surface area contributed by atoms with Crippen molar-refractivity contribution in [2.24, 2.45) is 5.92 Å². The first-order valence-corrected chi connectivity index (χ1v) is 9.20.